The Morgan fingerprint density at radius 1 is 1.08 bits per heavy atom. The zero-order valence-corrected chi connectivity index (χ0v) is 21.0. The molecule has 0 spiro atoms. The topological polar surface area (TPSA) is 109 Å². The predicted molar refractivity (Wildman–Crippen MR) is 133 cm³/mol. The molecule has 1 N–H and O–H groups in total. The molecule has 0 atom stereocenters. The van der Waals surface area contributed by atoms with Gasteiger partial charge in [0, 0.05) is 44.0 Å². The number of benzene rings is 1. The van der Waals surface area contributed by atoms with Crippen LogP contribution in [0.2, 0.25) is 0 Å². The van der Waals surface area contributed by atoms with Crippen molar-refractivity contribution < 1.29 is 21.6 Å². The minimum absolute atomic E-state index is 0.196. The van der Waals surface area contributed by atoms with Crippen molar-refractivity contribution in [1.29, 1.82) is 0 Å². The first-order chi connectivity index (χ1) is 17.7. The van der Waals surface area contributed by atoms with Crippen LogP contribution in [0.25, 0.3) is 16.9 Å². The lowest BCUT2D eigenvalue weighted by Gasteiger charge is -2.38. The first kappa shape index (κ1) is 24.8. The first-order valence-corrected chi connectivity index (χ1v) is 13.1. The van der Waals surface area contributed by atoms with Crippen molar-refractivity contribution in [2.45, 2.75) is 24.8 Å². The fourth-order valence-corrected chi connectivity index (χ4v) is 5.16. The van der Waals surface area contributed by atoms with Crippen molar-refractivity contribution in [3.05, 3.63) is 67.0 Å². The molecule has 0 bridgehead atoms. The summed E-state index contributed by atoms with van der Waals surface area (Å²) >= 11 is 0. The van der Waals surface area contributed by atoms with Gasteiger partial charge in [0.15, 0.2) is 11.6 Å². The molecule has 0 radical (unpaired) electrons. The Bertz CT molecular complexity index is 1500. The normalized spacial score (nSPS) is 14.9. The SMILES string of the molecule is CC(C)N1CCN(c2cncc(-c3cn(-c4c(F)ccc(NS(=O)(=O)c5ccoc5)c4F)nn3)c2)CC1. The maximum atomic E-state index is 15.3. The van der Waals surface area contributed by atoms with Crippen molar-refractivity contribution in [2.75, 3.05) is 35.8 Å². The van der Waals surface area contributed by atoms with Crippen LogP contribution >= 0.6 is 0 Å². The summed E-state index contributed by atoms with van der Waals surface area (Å²) in [5, 5.41) is 7.96. The molecule has 1 aliphatic rings. The second kappa shape index (κ2) is 9.90. The third-order valence-electron chi connectivity index (χ3n) is 6.27. The summed E-state index contributed by atoms with van der Waals surface area (Å²) in [5.74, 6) is -2.08. The average molecular weight is 530 g/mol. The second-order valence-corrected chi connectivity index (χ2v) is 10.6. The van der Waals surface area contributed by atoms with Gasteiger partial charge in [-0.15, -0.1) is 5.10 Å². The number of nitrogens with one attached hydrogen (secondary N) is 1. The van der Waals surface area contributed by atoms with Crippen molar-refractivity contribution >= 4 is 21.4 Å². The van der Waals surface area contributed by atoms with E-state index in [1.807, 2.05) is 6.07 Å². The van der Waals surface area contributed by atoms with Gasteiger partial charge in [-0.05, 0) is 38.1 Å². The van der Waals surface area contributed by atoms with Gasteiger partial charge < -0.3 is 9.32 Å². The van der Waals surface area contributed by atoms with Crippen LogP contribution in [0.1, 0.15) is 13.8 Å². The highest BCUT2D eigenvalue weighted by Crippen LogP contribution is 2.28. The summed E-state index contributed by atoms with van der Waals surface area (Å²) in [6.07, 6.45) is 6.92. The molecule has 0 amide bonds. The number of sulfonamides is 1. The number of furan rings is 1. The predicted octanol–water partition coefficient (Wildman–Crippen LogP) is 3.53. The lowest BCUT2D eigenvalue weighted by Crippen LogP contribution is -2.48. The molecule has 4 heterocycles. The van der Waals surface area contributed by atoms with E-state index in [1.165, 1.54) is 18.5 Å². The molecular weight excluding hydrogens is 504 g/mol. The van der Waals surface area contributed by atoms with E-state index in [0.29, 0.717) is 17.3 Å². The van der Waals surface area contributed by atoms with Crippen molar-refractivity contribution in [3.8, 4) is 16.9 Å². The molecule has 0 unspecified atom stereocenters. The molecular formula is C24H25F2N7O3S. The van der Waals surface area contributed by atoms with E-state index < -0.39 is 33.0 Å². The van der Waals surface area contributed by atoms with Crippen molar-refractivity contribution in [3.63, 3.8) is 0 Å². The summed E-state index contributed by atoms with van der Waals surface area (Å²) in [4.78, 5) is 8.77. The van der Waals surface area contributed by atoms with Crippen LogP contribution in [0, 0.1) is 11.6 Å². The molecule has 37 heavy (non-hydrogen) atoms. The summed E-state index contributed by atoms with van der Waals surface area (Å²) in [6.45, 7) is 7.95. The molecule has 1 aliphatic heterocycles. The van der Waals surface area contributed by atoms with Gasteiger partial charge in [-0.25, -0.2) is 21.9 Å². The average Bonchev–Trinajstić information content (AvgIpc) is 3.60. The Balaban J connectivity index is 1.40. The molecule has 1 fully saturated rings. The van der Waals surface area contributed by atoms with Gasteiger partial charge in [0.2, 0.25) is 0 Å². The second-order valence-electron chi connectivity index (χ2n) is 8.92. The van der Waals surface area contributed by atoms with E-state index in [2.05, 4.69) is 43.7 Å². The maximum Gasteiger partial charge on any atom is 0.265 e. The number of anilines is 2. The molecule has 0 saturated carbocycles. The van der Waals surface area contributed by atoms with Crippen molar-refractivity contribution in [2.24, 2.45) is 0 Å². The van der Waals surface area contributed by atoms with E-state index in [9.17, 15) is 12.8 Å². The molecule has 1 aromatic carbocycles. The number of nitrogens with zero attached hydrogens (tertiary/aromatic N) is 6. The fourth-order valence-electron chi connectivity index (χ4n) is 4.18. The molecule has 1 saturated heterocycles. The van der Waals surface area contributed by atoms with Gasteiger partial charge in [-0.2, -0.15) is 0 Å². The number of halogens is 2. The molecule has 4 aromatic rings. The smallest absolute Gasteiger partial charge is 0.265 e. The summed E-state index contributed by atoms with van der Waals surface area (Å²) in [7, 11) is -4.13. The standard InChI is InChI=1S/C24H25F2N7O3S/c1-16(2)31-6-8-32(9-7-31)18-11-17(12-27-13-18)22-14-33(30-28-22)24-20(25)3-4-21(23(24)26)29-37(34,35)19-5-10-36-15-19/h3-5,10-16,29H,6-9H2,1-2H3. The van der Waals surface area contributed by atoms with Gasteiger partial charge >= 0.3 is 0 Å². The fraction of sp³-hybridized carbons (Fsp3) is 0.292. The number of pyridine rings is 1. The Labute approximate surface area is 212 Å². The highest BCUT2D eigenvalue weighted by molar-refractivity contribution is 7.92. The number of hydrogen-bond acceptors (Lipinski definition) is 8. The molecule has 10 nitrogen and oxygen atoms in total. The van der Waals surface area contributed by atoms with Crippen LogP contribution in [0.4, 0.5) is 20.2 Å². The van der Waals surface area contributed by atoms with Crippen molar-refractivity contribution in [1.82, 2.24) is 24.9 Å². The quantitative estimate of drug-likeness (QED) is 0.387. The lowest BCUT2D eigenvalue weighted by atomic mass is 10.2. The summed E-state index contributed by atoms with van der Waals surface area (Å²) in [6, 6.07) is 5.55. The van der Waals surface area contributed by atoms with Crippen LogP contribution in [0.5, 0.6) is 0 Å². The number of hydrogen-bond donors (Lipinski definition) is 1. The van der Waals surface area contributed by atoms with Gasteiger partial charge in [0.05, 0.1) is 30.0 Å². The highest BCUT2D eigenvalue weighted by atomic mass is 32.2. The summed E-state index contributed by atoms with van der Waals surface area (Å²) < 4.78 is 62.7. The van der Waals surface area contributed by atoms with E-state index in [-0.39, 0.29) is 4.90 Å². The zero-order chi connectivity index (χ0) is 26.2. The van der Waals surface area contributed by atoms with E-state index in [0.717, 1.165) is 54.9 Å². The van der Waals surface area contributed by atoms with Crippen LogP contribution < -0.4 is 9.62 Å². The molecule has 5 rings (SSSR count). The molecule has 0 aliphatic carbocycles. The summed E-state index contributed by atoms with van der Waals surface area (Å²) in [5.41, 5.74) is 0.897. The monoisotopic (exact) mass is 529 g/mol. The van der Waals surface area contributed by atoms with Gasteiger partial charge in [-0.3, -0.25) is 14.6 Å². The Hall–Kier alpha value is -3.84. The first-order valence-electron chi connectivity index (χ1n) is 11.6. The molecule has 194 valence electrons. The lowest BCUT2D eigenvalue weighted by molar-refractivity contribution is 0.209. The van der Waals surface area contributed by atoms with E-state index in [4.69, 9.17) is 4.42 Å². The van der Waals surface area contributed by atoms with Gasteiger partial charge in [-0.1, -0.05) is 5.21 Å². The number of rotatable bonds is 7. The number of piperazine rings is 1. The maximum absolute atomic E-state index is 15.3. The van der Waals surface area contributed by atoms with Gasteiger partial charge in [0.25, 0.3) is 10.0 Å². The van der Waals surface area contributed by atoms with Gasteiger partial charge in [0.1, 0.15) is 22.5 Å². The molecule has 3 aromatic heterocycles. The number of aromatic nitrogens is 4. The van der Waals surface area contributed by atoms with Crippen LogP contribution in [-0.2, 0) is 10.0 Å². The Kier molecular flexibility index (Phi) is 6.65. The highest BCUT2D eigenvalue weighted by Gasteiger charge is 2.23. The van der Waals surface area contributed by atoms with Crippen LogP contribution in [0.15, 0.2) is 64.7 Å². The third-order valence-corrected chi connectivity index (χ3v) is 7.61. The minimum atomic E-state index is -4.13. The Morgan fingerprint density at radius 3 is 2.57 bits per heavy atom. The third kappa shape index (κ3) is 5.04. The van der Waals surface area contributed by atoms with E-state index >= 15 is 4.39 Å². The largest absolute Gasteiger partial charge is 0.471 e. The minimum Gasteiger partial charge on any atom is -0.471 e. The van der Waals surface area contributed by atoms with E-state index in [1.54, 1.807) is 12.4 Å². The van der Waals surface area contributed by atoms with Crippen LogP contribution in [-0.4, -0.2) is 65.5 Å². The molecule has 13 heteroatoms. The zero-order valence-electron chi connectivity index (χ0n) is 20.2. The Morgan fingerprint density at radius 2 is 1.86 bits per heavy atom. The van der Waals surface area contributed by atoms with Crippen LogP contribution in [0.3, 0.4) is 0 Å².